The van der Waals surface area contributed by atoms with E-state index < -0.39 is 11.7 Å². The minimum Gasteiger partial charge on any atom is -0.389 e. The lowest BCUT2D eigenvalue weighted by Crippen LogP contribution is -2.50. The number of β-amino-alcohol motifs (C(OH)–C–C–N with tert-alkyl or cyclic N) is 1. The lowest BCUT2D eigenvalue weighted by atomic mass is 10.1. The Morgan fingerprint density at radius 3 is 2.38 bits per heavy atom. The number of piperazine rings is 1. The monoisotopic (exact) mass is 356 g/mol. The molecule has 5 heteroatoms. The van der Waals surface area contributed by atoms with Crippen molar-refractivity contribution >= 4 is 21.6 Å². The summed E-state index contributed by atoms with van der Waals surface area (Å²) in [7, 11) is 0. The predicted octanol–water partition coefficient (Wildman–Crippen LogP) is 2.40. The number of hydrogen-bond acceptors (Lipinski definition) is 4. The second-order valence-electron chi connectivity index (χ2n) is 6.45. The van der Waals surface area contributed by atoms with Crippen LogP contribution in [-0.2, 0) is 0 Å². The van der Waals surface area contributed by atoms with E-state index in [-0.39, 0.29) is 0 Å². The molecule has 0 spiro atoms. The average molecular weight is 357 g/mol. The summed E-state index contributed by atoms with van der Waals surface area (Å²) in [6.45, 7) is 9.86. The second kappa shape index (κ2) is 6.65. The summed E-state index contributed by atoms with van der Waals surface area (Å²) in [6.07, 6.45) is -0.470. The molecule has 1 heterocycles. The maximum atomic E-state index is 9.95. The Morgan fingerprint density at radius 2 is 1.86 bits per heavy atom. The van der Waals surface area contributed by atoms with Gasteiger partial charge >= 0.3 is 0 Å². The lowest BCUT2D eigenvalue weighted by Gasteiger charge is -2.39. The van der Waals surface area contributed by atoms with Gasteiger partial charge in [-0.05, 0) is 32.9 Å². The van der Waals surface area contributed by atoms with Crippen molar-refractivity contribution < 1.29 is 10.2 Å². The summed E-state index contributed by atoms with van der Waals surface area (Å²) in [6, 6.07) is 6.02. The normalized spacial score (nSPS) is 18.9. The van der Waals surface area contributed by atoms with E-state index in [1.165, 1.54) is 0 Å². The van der Waals surface area contributed by atoms with Crippen LogP contribution < -0.4 is 4.90 Å². The van der Waals surface area contributed by atoms with Crippen LogP contribution in [0.4, 0.5) is 5.69 Å². The molecular weight excluding hydrogens is 332 g/mol. The van der Waals surface area contributed by atoms with Gasteiger partial charge in [0.1, 0.15) is 0 Å². The molecule has 1 unspecified atom stereocenters. The Morgan fingerprint density at radius 1 is 1.24 bits per heavy atom. The smallest absolute Gasteiger partial charge is 0.0782 e. The topological polar surface area (TPSA) is 46.9 Å². The van der Waals surface area contributed by atoms with Gasteiger partial charge < -0.3 is 15.1 Å². The van der Waals surface area contributed by atoms with E-state index in [9.17, 15) is 10.2 Å². The molecule has 0 saturated carbocycles. The molecule has 1 atom stereocenters. The molecule has 1 aromatic carbocycles. The highest BCUT2D eigenvalue weighted by molar-refractivity contribution is 9.10. The van der Waals surface area contributed by atoms with Gasteiger partial charge in [-0.15, -0.1) is 0 Å². The van der Waals surface area contributed by atoms with Crippen molar-refractivity contribution in [1.82, 2.24) is 4.90 Å². The highest BCUT2D eigenvalue weighted by Gasteiger charge is 2.24. The van der Waals surface area contributed by atoms with Gasteiger partial charge in [0.2, 0.25) is 0 Å². The van der Waals surface area contributed by atoms with E-state index in [1.807, 2.05) is 26.0 Å². The zero-order valence-corrected chi connectivity index (χ0v) is 14.6. The molecule has 2 rings (SSSR count). The predicted molar refractivity (Wildman–Crippen MR) is 89.7 cm³/mol. The van der Waals surface area contributed by atoms with E-state index in [2.05, 4.69) is 31.8 Å². The molecule has 4 nitrogen and oxygen atoms in total. The number of halogens is 1. The van der Waals surface area contributed by atoms with Gasteiger partial charge in [-0.3, -0.25) is 4.90 Å². The summed E-state index contributed by atoms with van der Waals surface area (Å²) in [5.41, 5.74) is 1.42. The van der Waals surface area contributed by atoms with Gasteiger partial charge in [0.05, 0.1) is 11.7 Å². The van der Waals surface area contributed by atoms with Crippen LogP contribution in [0.3, 0.4) is 0 Å². The Hall–Kier alpha value is -0.620. The van der Waals surface area contributed by atoms with E-state index in [1.54, 1.807) is 6.92 Å². The van der Waals surface area contributed by atoms with Crippen LogP contribution in [0.2, 0.25) is 0 Å². The van der Waals surface area contributed by atoms with Crippen molar-refractivity contribution in [2.45, 2.75) is 32.5 Å². The number of anilines is 1. The molecule has 118 valence electrons. The molecule has 0 bridgehead atoms. The number of hydrogen-bond donors (Lipinski definition) is 2. The minimum absolute atomic E-state index is 0.470. The highest BCUT2D eigenvalue weighted by Crippen LogP contribution is 2.30. The molecule has 1 saturated heterocycles. The number of nitrogens with zero attached hydrogens (tertiary/aromatic N) is 2. The third-order valence-corrected chi connectivity index (χ3v) is 4.26. The van der Waals surface area contributed by atoms with E-state index in [0.29, 0.717) is 6.54 Å². The molecule has 0 radical (unpaired) electrons. The van der Waals surface area contributed by atoms with E-state index >= 15 is 0 Å². The van der Waals surface area contributed by atoms with Gasteiger partial charge in [0.15, 0.2) is 0 Å². The van der Waals surface area contributed by atoms with Crippen LogP contribution in [0.5, 0.6) is 0 Å². The van der Waals surface area contributed by atoms with Crippen molar-refractivity contribution in [3.05, 3.63) is 28.2 Å². The molecule has 1 fully saturated rings. The average Bonchev–Trinajstić information content (AvgIpc) is 2.37. The van der Waals surface area contributed by atoms with E-state index in [4.69, 9.17) is 0 Å². The van der Waals surface area contributed by atoms with Crippen LogP contribution in [0.1, 0.15) is 32.4 Å². The number of aliphatic hydroxyl groups is 2. The molecule has 0 aliphatic carbocycles. The third kappa shape index (κ3) is 4.68. The molecular formula is C16H25BrN2O2. The maximum Gasteiger partial charge on any atom is 0.0782 e. The first-order valence-electron chi connectivity index (χ1n) is 7.43. The van der Waals surface area contributed by atoms with Gasteiger partial charge in [-0.25, -0.2) is 0 Å². The van der Waals surface area contributed by atoms with Gasteiger partial charge in [-0.2, -0.15) is 0 Å². The maximum absolute atomic E-state index is 9.95. The van der Waals surface area contributed by atoms with Crippen molar-refractivity contribution in [3.63, 3.8) is 0 Å². The van der Waals surface area contributed by atoms with Crippen molar-refractivity contribution in [3.8, 4) is 0 Å². The standard InChI is InChI=1S/C16H25BrN2O2/c1-12(20)14-5-4-13(17)10-15(14)19-8-6-18(7-9-19)11-16(2,3)21/h4-5,10,12,20-21H,6-9,11H2,1-3H3. The summed E-state index contributed by atoms with van der Waals surface area (Å²) < 4.78 is 1.03. The van der Waals surface area contributed by atoms with Gasteiger partial charge in [0, 0.05) is 48.4 Å². The quantitative estimate of drug-likeness (QED) is 0.869. The lowest BCUT2D eigenvalue weighted by molar-refractivity contribution is 0.0345. The fourth-order valence-corrected chi connectivity index (χ4v) is 3.19. The highest BCUT2D eigenvalue weighted by atomic mass is 79.9. The summed E-state index contributed by atoms with van der Waals surface area (Å²) in [5, 5.41) is 19.9. The summed E-state index contributed by atoms with van der Waals surface area (Å²) >= 11 is 3.51. The van der Waals surface area contributed by atoms with Crippen LogP contribution in [0.25, 0.3) is 0 Å². The van der Waals surface area contributed by atoms with Crippen molar-refractivity contribution in [2.24, 2.45) is 0 Å². The molecule has 1 aliphatic heterocycles. The van der Waals surface area contributed by atoms with Crippen molar-refractivity contribution in [2.75, 3.05) is 37.6 Å². The zero-order valence-electron chi connectivity index (χ0n) is 13.0. The summed E-state index contributed by atoms with van der Waals surface area (Å²) in [4.78, 5) is 4.60. The minimum atomic E-state index is -0.650. The Labute approximate surface area is 135 Å². The molecule has 2 N–H and O–H groups in total. The third-order valence-electron chi connectivity index (χ3n) is 3.77. The zero-order chi connectivity index (χ0) is 15.6. The second-order valence-corrected chi connectivity index (χ2v) is 7.37. The van der Waals surface area contributed by atoms with Gasteiger partial charge in [-0.1, -0.05) is 22.0 Å². The number of benzene rings is 1. The molecule has 21 heavy (non-hydrogen) atoms. The first kappa shape index (κ1) is 16.7. The molecule has 1 aromatic rings. The van der Waals surface area contributed by atoms with Crippen LogP contribution in [-0.4, -0.2) is 53.4 Å². The SMILES string of the molecule is CC(O)c1ccc(Br)cc1N1CCN(CC(C)(C)O)CC1. The Balaban J connectivity index is 2.07. The number of rotatable bonds is 4. The Bertz CT molecular complexity index is 478. The van der Waals surface area contributed by atoms with Crippen LogP contribution >= 0.6 is 15.9 Å². The fraction of sp³-hybridized carbons (Fsp3) is 0.625. The molecule has 1 aliphatic rings. The molecule has 0 aromatic heterocycles. The first-order valence-corrected chi connectivity index (χ1v) is 8.23. The number of aliphatic hydroxyl groups excluding tert-OH is 1. The first-order chi connectivity index (χ1) is 9.76. The summed E-state index contributed by atoms with van der Waals surface area (Å²) in [5.74, 6) is 0. The van der Waals surface area contributed by atoms with E-state index in [0.717, 1.165) is 41.9 Å². The largest absolute Gasteiger partial charge is 0.389 e. The molecule has 0 amide bonds. The van der Waals surface area contributed by atoms with Crippen LogP contribution in [0, 0.1) is 0 Å². The van der Waals surface area contributed by atoms with Crippen molar-refractivity contribution in [1.29, 1.82) is 0 Å². The van der Waals surface area contributed by atoms with Crippen LogP contribution in [0.15, 0.2) is 22.7 Å². The fourth-order valence-electron chi connectivity index (χ4n) is 2.84. The Kier molecular flexibility index (Phi) is 5.30. The van der Waals surface area contributed by atoms with Gasteiger partial charge in [0.25, 0.3) is 0 Å².